The molecule has 0 spiro atoms. The maximum Gasteiger partial charge on any atom is 0.152 e. The maximum atomic E-state index is 12.1. The molecular formula is C13H26N2O3S. The Morgan fingerprint density at radius 2 is 2.16 bits per heavy atom. The van der Waals surface area contributed by atoms with E-state index < -0.39 is 9.84 Å². The molecule has 0 bridgehead atoms. The van der Waals surface area contributed by atoms with Crippen LogP contribution in [0.4, 0.5) is 0 Å². The lowest BCUT2D eigenvalue weighted by Crippen LogP contribution is -2.61. The quantitative estimate of drug-likeness (QED) is 0.814. The van der Waals surface area contributed by atoms with E-state index in [2.05, 4.69) is 4.90 Å². The summed E-state index contributed by atoms with van der Waals surface area (Å²) in [6.45, 7) is 4.88. The second kappa shape index (κ2) is 5.68. The standard InChI is InChI=1S/C13H26N2O3S/c1-11-9-15(7-4-8-18-11)13(10-14)6-3-5-12(13)19(2,16)17/h11-12H,3-10,14H2,1-2H3. The van der Waals surface area contributed by atoms with E-state index in [9.17, 15) is 8.42 Å². The summed E-state index contributed by atoms with van der Waals surface area (Å²) in [5.41, 5.74) is 5.66. The largest absolute Gasteiger partial charge is 0.377 e. The molecule has 0 aromatic carbocycles. The van der Waals surface area contributed by atoms with Gasteiger partial charge in [0, 0.05) is 38.0 Å². The summed E-state index contributed by atoms with van der Waals surface area (Å²) in [5.74, 6) is 0. The van der Waals surface area contributed by atoms with Crippen molar-refractivity contribution in [2.24, 2.45) is 5.73 Å². The van der Waals surface area contributed by atoms with E-state index >= 15 is 0 Å². The molecule has 0 aromatic rings. The monoisotopic (exact) mass is 290 g/mol. The Morgan fingerprint density at radius 1 is 1.42 bits per heavy atom. The number of hydrogen-bond acceptors (Lipinski definition) is 5. The zero-order valence-corrected chi connectivity index (χ0v) is 12.8. The molecule has 1 saturated heterocycles. The third kappa shape index (κ3) is 2.96. The minimum Gasteiger partial charge on any atom is -0.377 e. The zero-order valence-electron chi connectivity index (χ0n) is 12.0. The predicted octanol–water partition coefficient (Wildman–Crippen LogP) is 0.392. The molecule has 2 fully saturated rings. The molecule has 6 heteroatoms. The molecule has 5 nitrogen and oxygen atoms in total. The molecule has 2 aliphatic rings. The van der Waals surface area contributed by atoms with Crippen molar-refractivity contribution < 1.29 is 13.2 Å². The van der Waals surface area contributed by atoms with Crippen molar-refractivity contribution in [3.05, 3.63) is 0 Å². The number of ether oxygens (including phenoxy) is 1. The minimum atomic E-state index is -3.06. The summed E-state index contributed by atoms with van der Waals surface area (Å²) in [4.78, 5) is 2.30. The summed E-state index contributed by atoms with van der Waals surface area (Å²) >= 11 is 0. The molecule has 1 heterocycles. The normalized spacial score (nSPS) is 38.3. The molecule has 0 amide bonds. The van der Waals surface area contributed by atoms with Crippen molar-refractivity contribution in [2.45, 2.75) is 49.5 Å². The fourth-order valence-corrected chi connectivity index (χ4v) is 5.51. The van der Waals surface area contributed by atoms with E-state index in [4.69, 9.17) is 10.5 Å². The summed E-state index contributed by atoms with van der Waals surface area (Å²) < 4.78 is 29.9. The van der Waals surface area contributed by atoms with Crippen LogP contribution in [0.2, 0.25) is 0 Å². The van der Waals surface area contributed by atoms with Crippen LogP contribution in [-0.2, 0) is 14.6 Å². The molecule has 2 rings (SSSR count). The van der Waals surface area contributed by atoms with Crippen LogP contribution >= 0.6 is 0 Å². The Kier molecular flexibility index (Phi) is 4.55. The fraction of sp³-hybridized carbons (Fsp3) is 1.00. The molecule has 3 atom stereocenters. The van der Waals surface area contributed by atoms with E-state index in [1.807, 2.05) is 6.92 Å². The van der Waals surface area contributed by atoms with Gasteiger partial charge in [0.15, 0.2) is 9.84 Å². The average molecular weight is 290 g/mol. The van der Waals surface area contributed by atoms with Gasteiger partial charge in [0.05, 0.1) is 11.4 Å². The van der Waals surface area contributed by atoms with Gasteiger partial charge in [0.2, 0.25) is 0 Å². The van der Waals surface area contributed by atoms with Gasteiger partial charge in [-0.15, -0.1) is 0 Å². The molecule has 1 saturated carbocycles. The van der Waals surface area contributed by atoms with Gasteiger partial charge in [-0.05, 0) is 26.2 Å². The van der Waals surface area contributed by atoms with Crippen LogP contribution in [0.1, 0.15) is 32.6 Å². The number of sulfone groups is 1. The number of nitrogens with zero attached hydrogens (tertiary/aromatic N) is 1. The molecule has 19 heavy (non-hydrogen) atoms. The first-order valence-electron chi connectivity index (χ1n) is 7.16. The Labute approximate surface area is 116 Å². The van der Waals surface area contributed by atoms with Crippen molar-refractivity contribution in [3.8, 4) is 0 Å². The van der Waals surface area contributed by atoms with Crippen molar-refractivity contribution in [2.75, 3.05) is 32.5 Å². The second-order valence-electron chi connectivity index (χ2n) is 6.00. The van der Waals surface area contributed by atoms with Gasteiger partial charge in [-0.3, -0.25) is 4.90 Å². The average Bonchev–Trinajstić information content (AvgIpc) is 2.67. The van der Waals surface area contributed by atoms with Crippen molar-refractivity contribution >= 4 is 9.84 Å². The predicted molar refractivity (Wildman–Crippen MR) is 75.9 cm³/mol. The lowest BCUT2D eigenvalue weighted by atomic mass is 9.94. The minimum absolute atomic E-state index is 0.145. The first-order chi connectivity index (χ1) is 8.90. The lowest BCUT2D eigenvalue weighted by molar-refractivity contribution is 0.0403. The highest BCUT2D eigenvalue weighted by Gasteiger charge is 2.51. The second-order valence-corrected chi connectivity index (χ2v) is 8.23. The Bertz CT molecular complexity index is 412. The maximum absolute atomic E-state index is 12.1. The van der Waals surface area contributed by atoms with E-state index in [1.54, 1.807) is 0 Å². The lowest BCUT2D eigenvalue weighted by Gasteiger charge is -2.44. The Balaban J connectivity index is 2.30. The highest BCUT2D eigenvalue weighted by atomic mass is 32.2. The van der Waals surface area contributed by atoms with Crippen LogP contribution in [0, 0.1) is 0 Å². The summed E-state index contributed by atoms with van der Waals surface area (Å²) in [6.07, 6.45) is 5.01. The van der Waals surface area contributed by atoms with Gasteiger partial charge in [0.1, 0.15) is 0 Å². The summed E-state index contributed by atoms with van der Waals surface area (Å²) in [7, 11) is -3.06. The van der Waals surface area contributed by atoms with Crippen LogP contribution in [-0.4, -0.2) is 62.7 Å². The van der Waals surface area contributed by atoms with Crippen LogP contribution in [0.3, 0.4) is 0 Å². The Hall–Kier alpha value is -0.170. The van der Waals surface area contributed by atoms with E-state index in [0.29, 0.717) is 6.54 Å². The zero-order chi connectivity index (χ0) is 14.1. The highest BCUT2D eigenvalue weighted by Crippen LogP contribution is 2.39. The van der Waals surface area contributed by atoms with Crippen LogP contribution in [0.15, 0.2) is 0 Å². The van der Waals surface area contributed by atoms with Gasteiger partial charge < -0.3 is 10.5 Å². The van der Waals surface area contributed by atoms with Crippen molar-refractivity contribution in [1.29, 1.82) is 0 Å². The Morgan fingerprint density at radius 3 is 2.79 bits per heavy atom. The number of rotatable bonds is 3. The highest BCUT2D eigenvalue weighted by molar-refractivity contribution is 7.91. The van der Waals surface area contributed by atoms with Crippen molar-refractivity contribution in [3.63, 3.8) is 0 Å². The van der Waals surface area contributed by atoms with Crippen LogP contribution in [0.25, 0.3) is 0 Å². The molecule has 1 aliphatic heterocycles. The first-order valence-corrected chi connectivity index (χ1v) is 9.11. The molecule has 0 aromatic heterocycles. The van der Waals surface area contributed by atoms with Gasteiger partial charge in [-0.1, -0.05) is 6.42 Å². The van der Waals surface area contributed by atoms with E-state index in [-0.39, 0.29) is 16.9 Å². The number of nitrogens with two attached hydrogens (primary N) is 1. The summed E-state index contributed by atoms with van der Waals surface area (Å²) in [6, 6.07) is 0. The smallest absolute Gasteiger partial charge is 0.152 e. The third-order valence-electron chi connectivity index (χ3n) is 4.63. The van der Waals surface area contributed by atoms with E-state index in [1.165, 1.54) is 6.26 Å². The van der Waals surface area contributed by atoms with Gasteiger partial charge in [-0.25, -0.2) is 8.42 Å². The van der Waals surface area contributed by atoms with Crippen LogP contribution in [0.5, 0.6) is 0 Å². The molecule has 112 valence electrons. The SMILES string of the molecule is CC1CN(C2(CN)CCCC2S(C)(=O)=O)CCCO1. The van der Waals surface area contributed by atoms with Crippen molar-refractivity contribution in [1.82, 2.24) is 4.90 Å². The molecule has 2 N–H and O–H groups in total. The molecule has 0 radical (unpaired) electrons. The van der Waals surface area contributed by atoms with Crippen LogP contribution < -0.4 is 5.73 Å². The van der Waals surface area contributed by atoms with Gasteiger partial charge in [0.25, 0.3) is 0 Å². The topological polar surface area (TPSA) is 72.6 Å². The molecular weight excluding hydrogens is 264 g/mol. The summed E-state index contributed by atoms with van der Waals surface area (Å²) in [5, 5.41) is -0.324. The van der Waals surface area contributed by atoms with Gasteiger partial charge >= 0.3 is 0 Å². The molecule has 1 aliphatic carbocycles. The molecule has 3 unspecified atom stereocenters. The third-order valence-corrected chi connectivity index (χ3v) is 6.34. The number of hydrogen-bond donors (Lipinski definition) is 1. The van der Waals surface area contributed by atoms with Gasteiger partial charge in [-0.2, -0.15) is 0 Å². The fourth-order valence-electron chi connectivity index (χ4n) is 3.76. The first kappa shape index (κ1) is 15.2. The van der Waals surface area contributed by atoms with E-state index in [0.717, 1.165) is 45.4 Å².